The number of hydrogen-bond donors (Lipinski definition) is 2. The van der Waals surface area contributed by atoms with Crippen molar-refractivity contribution in [3.05, 3.63) is 71.4 Å². The van der Waals surface area contributed by atoms with Crippen LogP contribution in [0, 0.1) is 0 Å². The molecule has 1 aromatic carbocycles. The predicted molar refractivity (Wildman–Crippen MR) is 149 cm³/mol. The van der Waals surface area contributed by atoms with Gasteiger partial charge in [0.15, 0.2) is 9.84 Å². The highest BCUT2D eigenvalue weighted by molar-refractivity contribution is 7.92. The number of sulfone groups is 1. The zero-order valence-corrected chi connectivity index (χ0v) is 24.0. The number of nitrogens with zero attached hydrogens (tertiary/aromatic N) is 2. The maximum Gasteiger partial charge on any atom is 0.245 e. The predicted octanol–water partition coefficient (Wildman–Crippen LogP) is 3.78. The molecule has 0 saturated carbocycles. The number of amides is 1. The number of nitrogens with one attached hydrogen (secondary N) is 1. The summed E-state index contributed by atoms with van der Waals surface area (Å²) >= 11 is 1.26. The number of thiophene rings is 1. The van der Waals surface area contributed by atoms with E-state index in [1.165, 1.54) is 41.4 Å². The second-order valence-corrected chi connectivity index (χ2v) is 14.4. The van der Waals surface area contributed by atoms with Crippen molar-refractivity contribution < 1.29 is 26.8 Å². The summed E-state index contributed by atoms with van der Waals surface area (Å²) in [6.45, 7) is 1.74. The van der Waals surface area contributed by atoms with Gasteiger partial charge in [0.25, 0.3) is 0 Å². The van der Waals surface area contributed by atoms with Crippen molar-refractivity contribution in [3.8, 4) is 10.4 Å². The number of rotatable bonds is 8. The standard InChI is InChI=1S/C25H29N3O6S3.ClH/c1-2-4-19-6-8-20(9-7-19)22-10-11-23(35-22)25(17-24(29)27-30)12-14-28(15-16-36(25,31)32)37(33,34)21-5-3-13-26-18-21;/h3,5-11,13,18,30H,2,4,12,14-17H2,1H3,(H,27,29);1H. The Morgan fingerprint density at radius 3 is 2.53 bits per heavy atom. The Morgan fingerprint density at radius 2 is 1.89 bits per heavy atom. The number of aryl methyl sites for hydroxylation is 1. The number of carbonyl (C=O) groups excluding carboxylic acids is 1. The van der Waals surface area contributed by atoms with Gasteiger partial charge in [-0.1, -0.05) is 37.6 Å². The fraction of sp³-hybridized carbons (Fsp3) is 0.360. The first-order valence-electron chi connectivity index (χ1n) is 11.9. The molecule has 1 aliphatic rings. The van der Waals surface area contributed by atoms with Crippen molar-refractivity contribution in [2.75, 3.05) is 18.8 Å². The molecule has 4 rings (SSSR count). The molecule has 1 atom stereocenters. The highest BCUT2D eigenvalue weighted by Crippen LogP contribution is 2.45. The van der Waals surface area contributed by atoms with E-state index in [0.29, 0.717) is 4.88 Å². The molecule has 0 aliphatic carbocycles. The molecule has 1 saturated heterocycles. The average molecular weight is 600 g/mol. The van der Waals surface area contributed by atoms with E-state index in [1.54, 1.807) is 11.5 Å². The maximum absolute atomic E-state index is 13.8. The van der Waals surface area contributed by atoms with Crippen LogP contribution >= 0.6 is 23.7 Å². The lowest BCUT2D eigenvalue weighted by Gasteiger charge is -2.30. The van der Waals surface area contributed by atoms with Crippen molar-refractivity contribution in [2.45, 2.75) is 42.2 Å². The normalized spacial score (nSPS) is 19.7. The van der Waals surface area contributed by atoms with E-state index in [9.17, 15) is 26.8 Å². The quantitative estimate of drug-likeness (QED) is 0.297. The number of hydrogen-bond acceptors (Lipinski definition) is 8. The van der Waals surface area contributed by atoms with Crippen LogP contribution in [0.2, 0.25) is 0 Å². The van der Waals surface area contributed by atoms with E-state index in [-0.39, 0.29) is 36.8 Å². The third kappa shape index (κ3) is 5.95. The molecule has 206 valence electrons. The summed E-state index contributed by atoms with van der Waals surface area (Å²) < 4.78 is 53.4. The molecule has 1 fully saturated rings. The van der Waals surface area contributed by atoms with E-state index < -0.39 is 42.7 Å². The summed E-state index contributed by atoms with van der Waals surface area (Å²) in [6, 6.07) is 14.5. The average Bonchev–Trinajstić information content (AvgIpc) is 3.34. The van der Waals surface area contributed by atoms with Gasteiger partial charge in [0.2, 0.25) is 15.9 Å². The molecular weight excluding hydrogens is 570 g/mol. The van der Waals surface area contributed by atoms with Crippen LogP contribution < -0.4 is 5.48 Å². The van der Waals surface area contributed by atoms with Crippen molar-refractivity contribution in [1.82, 2.24) is 14.8 Å². The van der Waals surface area contributed by atoms with E-state index in [4.69, 9.17) is 0 Å². The summed E-state index contributed by atoms with van der Waals surface area (Å²) in [7, 11) is -8.01. The Bertz CT molecular complexity index is 1460. The first-order valence-corrected chi connectivity index (χ1v) is 15.8. The molecule has 0 bridgehead atoms. The minimum Gasteiger partial charge on any atom is -0.289 e. The van der Waals surface area contributed by atoms with E-state index >= 15 is 0 Å². The monoisotopic (exact) mass is 599 g/mol. The summed E-state index contributed by atoms with van der Waals surface area (Å²) in [5.74, 6) is -1.32. The number of benzene rings is 1. The molecule has 38 heavy (non-hydrogen) atoms. The highest BCUT2D eigenvalue weighted by Gasteiger charge is 2.50. The van der Waals surface area contributed by atoms with Gasteiger partial charge < -0.3 is 0 Å². The zero-order valence-electron chi connectivity index (χ0n) is 20.7. The number of hydroxylamine groups is 1. The summed E-state index contributed by atoms with van der Waals surface area (Å²) in [4.78, 5) is 17.5. The summed E-state index contributed by atoms with van der Waals surface area (Å²) in [5, 5.41) is 9.25. The van der Waals surface area contributed by atoms with Crippen molar-refractivity contribution in [1.29, 1.82) is 0 Å². The molecule has 3 heterocycles. The summed E-state index contributed by atoms with van der Waals surface area (Å²) in [5.41, 5.74) is 3.68. The molecular formula is C25H30ClN3O6S3. The molecule has 1 unspecified atom stereocenters. The number of sulfonamides is 1. The van der Waals surface area contributed by atoms with E-state index in [2.05, 4.69) is 11.9 Å². The second kappa shape index (κ2) is 12.2. The van der Waals surface area contributed by atoms with Gasteiger partial charge in [-0.25, -0.2) is 22.3 Å². The molecule has 13 heteroatoms. The Balaban J connectivity index is 0.00000400. The Labute approximate surface area is 233 Å². The van der Waals surface area contributed by atoms with Crippen LogP contribution in [0.4, 0.5) is 0 Å². The third-order valence-corrected chi connectivity index (χ3v) is 12.5. The van der Waals surface area contributed by atoms with Gasteiger partial charge in [-0.15, -0.1) is 23.7 Å². The molecule has 1 amide bonds. The van der Waals surface area contributed by atoms with Crippen LogP contribution in [-0.2, 0) is 35.8 Å². The molecule has 2 aromatic heterocycles. The van der Waals surface area contributed by atoms with E-state index in [1.807, 2.05) is 30.3 Å². The first-order chi connectivity index (χ1) is 17.6. The Hall–Kier alpha value is -2.35. The fourth-order valence-electron chi connectivity index (χ4n) is 4.60. The van der Waals surface area contributed by atoms with Crippen LogP contribution in [0.15, 0.2) is 65.8 Å². The minimum absolute atomic E-state index is 0. The van der Waals surface area contributed by atoms with E-state index in [0.717, 1.165) is 27.6 Å². The van der Waals surface area contributed by atoms with Gasteiger partial charge in [-0.2, -0.15) is 4.31 Å². The number of aromatic nitrogens is 1. The van der Waals surface area contributed by atoms with Crippen molar-refractivity contribution in [2.24, 2.45) is 0 Å². The lowest BCUT2D eigenvalue weighted by Crippen LogP contribution is -2.41. The van der Waals surface area contributed by atoms with Gasteiger partial charge >= 0.3 is 0 Å². The van der Waals surface area contributed by atoms with Gasteiger partial charge in [-0.05, 0) is 48.2 Å². The Kier molecular flexibility index (Phi) is 9.71. The lowest BCUT2D eigenvalue weighted by molar-refractivity contribution is -0.129. The molecule has 9 nitrogen and oxygen atoms in total. The number of pyridine rings is 1. The largest absolute Gasteiger partial charge is 0.289 e. The number of carbonyl (C=O) groups is 1. The molecule has 0 radical (unpaired) electrons. The Morgan fingerprint density at radius 1 is 1.16 bits per heavy atom. The van der Waals surface area contributed by atoms with Gasteiger partial charge in [0.1, 0.15) is 9.64 Å². The minimum atomic E-state index is -4.02. The van der Waals surface area contributed by atoms with Crippen LogP contribution in [0.5, 0.6) is 0 Å². The molecule has 3 aromatic rings. The third-order valence-electron chi connectivity index (χ3n) is 6.64. The smallest absolute Gasteiger partial charge is 0.245 e. The van der Waals surface area contributed by atoms with Gasteiger partial charge in [0.05, 0.1) is 12.2 Å². The maximum atomic E-state index is 13.8. The van der Waals surface area contributed by atoms with Gasteiger partial charge in [-0.3, -0.25) is 15.0 Å². The lowest BCUT2D eigenvalue weighted by atomic mass is 9.97. The molecule has 2 N–H and O–H groups in total. The van der Waals surface area contributed by atoms with Crippen LogP contribution in [0.1, 0.15) is 36.6 Å². The molecule has 1 aliphatic heterocycles. The van der Waals surface area contributed by atoms with Crippen molar-refractivity contribution in [3.63, 3.8) is 0 Å². The second-order valence-electron chi connectivity index (χ2n) is 8.98. The fourth-order valence-corrected chi connectivity index (χ4v) is 9.73. The molecule has 0 spiro atoms. The zero-order chi connectivity index (χ0) is 26.7. The van der Waals surface area contributed by atoms with Gasteiger partial charge in [0, 0.05) is 35.2 Å². The van der Waals surface area contributed by atoms with Crippen LogP contribution in [0.25, 0.3) is 10.4 Å². The summed E-state index contributed by atoms with van der Waals surface area (Å²) in [6.07, 6.45) is 4.00. The van der Waals surface area contributed by atoms with Crippen molar-refractivity contribution >= 4 is 49.5 Å². The highest BCUT2D eigenvalue weighted by atomic mass is 35.5. The first kappa shape index (κ1) is 30.2. The topological polar surface area (TPSA) is 134 Å². The number of halogens is 1. The SMILES string of the molecule is CCCc1ccc(-c2ccc(C3(CC(=O)NO)CCN(S(=O)(=O)c4cccnc4)CCS3(=O)=O)s2)cc1.Cl. The van der Waals surface area contributed by atoms with Crippen LogP contribution in [-0.4, -0.2) is 56.1 Å². The van der Waals surface area contributed by atoms with Crippen LogP contribution in [0.3, 0.4) is 0 Å².